The topological polar surface area (TPSA) is 46.2 Å². The van der Waals surface area contributed by atoms with Gasteiger partial charge in [0.2, 0.25) is 0 Å². The van der Waals surface area contributed by atoms with Crippen molar-refractivity contribution in [3.8, 4) is 0 Å². The molecule has 0 spiro atoms. The zero-order valence-corrected chi connectivity index (χ0v) is 11.7. The lowest BCUT2D eigenvalue weighted by atomic mass is 9.82. The summed E-state index contributed by atoms with van der Waals surface area (Å²) in [6.45, 7) is 5.29. The van der Waals surface area contributed by atoms with Crippen LogP contribution >= 0.6 is 11.6 Å². The number of nitrogens with two attached hydrogens (primary N) is 1. The zero-order chi connectivity index (χ0) is 15.0. The minimum Gasteiger partial charge on any atom is -0.391 e. The number of halogens is 4. The molecule has 2 atom stereocenters. The van der Waals surface area contributed by atoms with Crippen molar-refractivity contribution in [2.45, 2.75) is 39.1 Å². The smallest absolute Gasteiger partial charge is 0.391 e. The van der Waals surface area contributed by atoms with E-state index in [1.807, 2.05) is 0 Å². The van der Waals surface area contributed by atoms with Gasteiger partial charge in [-0.3, -0.25) is 0 Å². The van der Waals surface area contributed by atoms with E-state index >= 15 is 0 Å². The lowest BCUT2D eigenvalue weighted by molar-refractivity contribution is -0.137. The molecule has 0 saturated heterocycles. The fraction of sp³-hybridized carbons (Fsp3) is 0.538. The maximum Gasteiger partial charge on any atom is 0.417 e. The standard InChI is InChI=1S/C13H17ClF3NO/c1-12(2,3)11(19)10(18)7-4-5-9(14)8(6-7)13(15,16)17/h4-6,10-11,19H,18H2,1-3H3/t10-,11-/m0/s1. The fourth-order valence-electron chi connectivity index (χ4n) is 1.69. The predicted octanol–water partition coefficient (Wildman–Crippen LogP) is 3.77. The van der Waals surface area contributed by atoms with Crippen LogP contribution in [-0.4, -0.2) is 11.2 Å². The van der Waals surface area contributed by atoms with Crippen molar-refractivity contribution in [3.63, 3.8) is 0 Å². The monoisotopic (exact) mass is 295 g/mol. The highest BCUT2D eigenvalue weighted by Crippen LogP contribution is 2.37. The van der Waals surface area contributed by atoms with Gasteiger partial charge in [-0.2, -0.15) is 13.2 Å². The third-order valence-corrected chi connectivity index (χ3v) is 3.24. The Kier molecular flexibility index (Phi) is 4.55. The molecule has 1 aromatic rings. The summed E-state index contributed by atoms with van der Waals surface area (Å²) in [4.78, 5) is 0. The van der Waals surface area contributed by atoms with Gasteiger partial charge in [-0.1, -0.05) is 38.4 Å². The van der Waals surface area contributed by atoms with Crippen molar-refractivity contribution in [3.05, 3.63) is 34.3 Å². The molecule has 0 unspecified atom stereocenters. The Balaban J connectivity index is 3.16. The summed E-state index contributed by atoms with van der Waals surface area (Å²) in [5, 5.41) is 9.65. The molecular weight excluding hydrogens is 279 g/mol. The Morgan fingerprint density at radius 3 is 2.16 bits per heavy atom. The molecule has 6 heteroatoms. The zero-order valence-electron chi connectivity index (χ0n) is 10.9. The van der Waals surface area contributed by atoms with Crippen LogP contribution in [0.15, 0.2) is 18.2 Å². The normalized spacial score (nSPS) is 16.3. The second-order valence-corrected chi connectivity index (χ2v) is 5.98. The molecule has 0 aliphatic rings. The summed E-state index contributed by atoms with van der Waals surface area (Å²) in [6, 6.07) is 2.53. The number of alkyl halides is 3. The first kappa shape index (κ1) is 16.3. The number of rotatable bonds is 2. The summed E-state index contributed by atoms with van der Waals surface area (Å²) in [5.74, 6) is 0. The highest BCUT2D eigenvalue weighted by atomic mass is 35.5. The molecule has 0 bridgehead atoms. The third kappa shape index (κ3) is 3.84. The number of aliphatic hydroxyl groups is 1. The molecule has 1 rings (SSSR count). The fourth-order valence-corrected chi connectivity index (χ4v) is 1.91. The van der Waals surface area contributed by atoms with Crippen LogP contribution in [0.25, 0.3) is 0 Å². The molecule has 0 amide bonds. The molecule has 0 aliphatic carbocycles. The van der Waals surface area contributed by atoms with E-state index < -0.39 is 29.3 Å². The Bertz CT molecular complexity index is 454. The molecule has 0 fully saturated rings. The van der Waals surface area contributed by atoms with Gasteiger partial charge in [0, 0.05) is 0 Å². The van der Waals surface area contributed by atoms with Gasteiger partial charge in [0.15, 0.2) is 0 Å². The molecule has 2 nitrogen and oxygen atoms in total. The summed E-state index contributed by atoms with van der Waals surface area (Å²) in [7, 11) is 0. The van der Waals surface area contributed by atoms with Gasteiger partial charge in [-0.05, 0) is 23.1 Å². The molecule has 19 heavy (non-hydrogen) atoms. The summed E-state index contributed by atoms with van der Waals surface area (Å²) in [5.41, 5.74) is 4.56. The van der Waals surface area contributed by atoms with E-state index in [4.69, 9.17) is 17.3 Å². The SMILES string of the molecule is CC(C)(C)[C@@H](O)[C@@H](N)c1ccc(Cl)c(C(F)(F)F)c1. The summed E-state index contributed by atoms with van der Waals surface area (Å²) >= 11 is 5.53. The van der Waals surface area contributed by atoms with E-state index in [-0.39, 0.29) is 10.6 Å². The first-order chi connectivity index (χ1) is 8.44. The highest BCUT2D eigenvalue weighted by Gasteiger charge is 2.35. The van der Waals surface area contributed by atoms with E-state index in [9.17, 15) is 18.3 Å². The van der Waals surface area contributed by atoms with Crippen LogP contribution < -0.4 is 5.73 Å². The second kappa shape index (κ2) is 5.31. The van der Waals surface area contributed by atoms with E-state index in [1.165, 1.54) is 6.07 Å². The largest absolute Gasteiger partial charge is 0.417 e. The quantitative estimate of drug-likeness (QED) is 0.872. The van der Waals surface area contributed by atoms with E-state index in [0.29, 0.717) is 0 Å². The number of aliphatic hydroxyl groups excluding tert-OH is 1. The Labute approximate surface area is 115 Å². The Morgan fingerprint density at radius 1 is 1.21 bits per heavy atom. The first-order valence-electron chi connectivity index (χ1n) is 5.75. The third-order valence-electron chi connectivity index (χ3n) is 2.91. The molecule has 3 N–H and O–H groups in total. The van der Waals surface area contributed by atoms with Gasteiger partial charge in [0.05, 0.1) is 22.7 Å². The van der Waals surface area contributed by atoms with Crippen LogP contribution in [0.4, 0.5) is 13.2 Å². The van der Waals surface area contributed by atoms with Crippen LogP contribution in [-0.2, 0) is 6.18 Å². The molecule has 0 heterocycles. The molecule has 0 aliphatic heterocycles. The van der Waals surface area contributed by atoms with E-state index in [0.717, 1.165) is 12.1 Å². The molecule has 0 radical (unpaired) electrons. The second-order valence-electron chi connectivity index (χ2n) is 5.57. The van der Waals surface area contributed by atoms with Gasteiger partial charge < -0.3 is 10.8 Å². The summed E-state index contributed by atoms with van der Waals surface area (Å²) in [6.07, 6.45) is -5.51. The van der Waals surface area contributed by atoms with Crippen LogP contribution in [0.5, 0.6) is 0 Å². The predicted molar refractivity (Wildman–Crippen MR) is 68.8 cm³/mol. The van der Waals surface area contributed by atoms with Gasteiger partial charge >= 0.3 is 6.18 Å². The van der Waals surface area contributed by atoms with Gasteiger partial charge in [0.1, 0.15) is 0 Å². The van der Waals surface area contributed by atoms with Gasteiger partial charge in [-0.25, -0.2) is 0 Å². The van der Waals surface area contributed by atoms with Crippen molar-refractivity contribution < 1.29 is 18.3 Å². The average molecular weight is 296 g/mol. The average Bonchev–Trinajstić information content (AvgIpc) is 2.25. The van der Waals surface area contributed by atoms with Crippen LogP contribution in [0.3, 0.4) is 0 Å². The summed E-state index contributed by atoms with van der Waals surface area (Å²) < 4.78 is 38.2. The number of benzene rings is 1. The van der Waals surface area contributed by atoms with Crippen molar-refractivity contribution >= 4 is 11.6 Å². The maximum absolute atomic E-state index is 12.7. The number of hydrogen-bond acceptors (Lipinski definition) is 2. The van der Waals surface area contributed by atoms with E-state index in [1.54, 1.807) is 20.8 Å². The number of hydrogen-bond donors (Lipinski definition) is 2. The maximum atomic E-state index is 12.7. The van der Waals surface area contributed by atoms with Crippen LogP contribution in [0.2, 0.25) is 5.02 Å². The van der Waals surface area contributed by atoms with Crippen molar-refractivity contribution in [2.24, 2.45) is 11.1 Å². The van der Waals surface area contributed by atoms with Crippen molar-refractivity contribution in [1.29, 1.82) is 0 Å². The molecule has 0 saturated carbocycles. The van der Waals surface area contributed by atoms with Crippen molar-refractivity contribution in [1.82, 2.24) is 0 Å². The molecule has 1 aromatic carbocycles. The lowest BCUT2D eigenvalue weighted by Crippen LogP contribution is -2.37. The Morgan fingerprint density at radius 2 is 1.74 bits per heavy atom. The minimum atomic E-state index is -4.54. The lowest BCUT2D eigenvalue weighted by Gasteiger charge is -2.31. The van der Waals surface area contributed by atoms with E-state index in [2.05, 4.69) is 0 Å². The molecular formula is C13H17ClF3NO. The van der Waals surface area contributed by atoms with Crippen LogP contribution in [0, 0.1) is 5.41 Å². The van der Waals surface area contributed by atoms with Gasteiger partial charge in [0.25, 0.3) is 0 Å². The highest BCUT2D eigenvalue weighted by molar-refractivity contribution is 6.31. The Hall–Kier alpha value is -0.780. The first-order valence-corrected chi connectivity index (χ1v) is 6.12. The van der Waals surface area contributed by atoms with Crippen molar-refractivity contribution in [2.75, 3.05) is 0 Å². The van der Waals surface area contributed by atoms with Gasteiger partial charge in [-0.15, -0.1) is 0 Å². The minimum absolute atomic E-state index is 0.208. The molecule has 0 aromatic heterocycles. The van der Waals surface area contributed by atoms with Crippen LogP contribution in [0.1, 0.15) is 37.9 Å². The molecule has 108 valence electrons.